The second-order valence-corrected chi connectivity index (χ2v) is 36.9. The number of phosphoric acid groups is 2. The molecule has 0 amide bonds. The molecule has 109 heavy (non-hydrogen) atoms. The SMILES string of the molecule is CCC(C)CCCCCCCCCCCCCCCCCCCCC(=O)O[C@H](COC(=O)CCCCCCCCCC(C)C)COP(=O)(O)OCC(O)COP(=O)(O)OC[C@@H](COC(=O)CCCCCCCCCCCCCCCCCCCCC(C)C)OC(=O)CCCCCCCCCCCCCCCC(C)C. The van der Waals surface area contributed by atoms with Crippen molar-refractivity contribution in [2.75, 3.05) is 39.6 Å². The molecule has 0 bridgehead atoms. The standard InChI is InChI=1S/C90H176O17P2/c1-9-83(8)69-61-53-45-37-31-25-19-15-11-13-17-21-27-33-39-47-56-64-72-90(95)107-86(77-101-88(93)71-63-55-49-41-44-52-60-68-82(6)7)79-105-109(98,99)103-75-84(91)74-102-108(96,97)104-78-85(106-89(94)73-65-57-48-40-34-28-22-24-30-36-43-51-59-67-81(4)5)76-100-87(92)70-62-54-46-38-32-26-20-16-12-10-14-18-23-29-35-42-50-58-66-80(2)3/h80-86,91H,9-79H2,1-8H3,(H,96,97)(H,98,99)/t83?,84?,85-,86-/m1/s1. The number of aliphatic hydroxyl groups is 1. The molecule has 648 valence electrons. The predicted octanol–water partition coefficient (Wildman–Crippen LogP) is 27.5. The van der Waals surface area contributed by atoms with Crippen molar-refractivity contribution in [1.29, 1.82) is 0 Å². The number of phosphoric ester groups is 2. The number of hydrogen-bond acceptors (Lipinski definition) is 15. The van der Waals surface area contributed by atoms with Crippen molar-refractivity contribution in [2.24, 2.45) is 23.7 Å². The lowest BCUT2D eigenvalue weighted by atomic mass is 9.99. The van der Waals surface area contributed by atoms with Crippen molar-refractivity contribution in [3.05, 3.63) is 0 Å². The third-order valence-corrected chi connectivity index (χ3v) is 23.3. The Hall–Kier alpha value is -1.94. The van der Waals surface area contributed by atoms with E-state index in [9.17, 15) is 43.2 Å². The lowest BCUT2D eigenvalue weighted by molar-refractivity contribution is -0.161. The number of rotatable bonds is 87. The van der Waals surface area contributed by atoms with E-state index in [1.165, 1.54) is 270 Å². The second kappa shape index (κ2) is 78.6. The van der Waals surface area contributed by atoms with E-state index in [0.717, 1.165) is 114 Å². The van der Waals surface area contributed by atoms with Crippen molar-refractivity contribution in [1.82, 2.24) is 0 Å². The molecule has 4 unspecified atom stereocenters. The maximum Gasteiger partial charge on any atom is 0.472 e. The highest BCUT2D eigenvalue weighted by Gasteiger charge is 2.31. The van der Waals surface area contributed by atoms with Gasteiger partial charge in [0.05, 0.1) is 26.4 Å². The van der Waals surface area contributed by atoms with Crippen LogP contribution in [0.3, 0.4) is 0 Å². The van der Waals surface area contributed by atoms with Crippen molar-refractivity contribution >= 4 is 39.5 Å². The fraction of sp³-hybridized carbons (Fsp3) is 0.956. The fourth-order valence-electron chi connectivity index (χ4n) is 14.0. The monoisotopic (exact) mass is 1590 g/mol. The zero-order valence-corrected chi connectivity index (χ0v) is 74.0. The lowest BCUT2D eigenvalue weighted by Crippen LogP contribution is -2.30. The summed E-state index contributed by atoms with van der Waals surface area (Å²) in [6.07, 6.45) is 69.6. The molecule has 0 fully saturated rings. The average molecular weight is 1590 g/mol. The van der Waals surface area contributed by atoms with Crippen LogP contribution in [0.15, 0.2) is 0 Å². The van der Waals surface area contributed by atoms with E-state index in [2.05, 4.69) is 55.4 Å². The van der Waals surface area contributed by atoms with Gasteiger partial charge in [0.15, 0.2) is 12.2 Å². The van der Waals surface area contributed by atoms with Gasteiger partial charge in [0.1, 0.15) is 19.3 Å². The quantitative estimate of drug-likeness (QED) is 0.0222. The highest BCUT2D eigenvalue weighted by molar-refractivity contribution is 7.47. The van der Waals surface area contributed by atoms with Gasteiger partial charge in [-0.3, -0.25) is 37.3 Å². The van der Waals surface area contributed by atoms with Gasteiger partial charge in [0.25, 0.3) is 0 Å². The lowest BCUT2D eigenvalue weighted by Gasteiger charge is -2.21. The van der Waals surface area contributed by atoms with Crippen LogP contribution < -0.4 is 0 Å². The smallest absolute Gasteiger partial charge is 0.462 e. The molecule has 0 aromatic rings. The topological polar surface area (TPSA) is 237 Å². The maximum absolute atomic E-state index is 13.2. The van der Waals surface area contributed by atoms with Crippen LogP contribution in [0.4, 0.5) is 0 Å². The van der Waals surface area contributed by atoms with E-state index in [0.29, 0.717) is 31.6 Å². The summed E-state index contributed by atoms with van der Waals surface area (Å²) in [7, 11) is -9.93. The fourth-order valence-corrected chi connectivity index (χ4v) is 15.6. The summed E-state index contributed by atoms with van der Waals surface area (Å²) in [6.45, 7) is 14.4. The zero-order valence-electron chi connectivity index (χ0n) is 72.2. The minimum Gasteiger partial charge on any atom is -0.462 e. The van der Waals surface area contributed by atoms with Gasteiger partial charge < -0.3 is 33.8 Å². The van der Waals surface area contributed by atoms with Crippen molar-refractivity contribution < 1.29 is 80.2 Å². The number of esters is 4. The molecule has 0 aromatic heterocycles. The maximum atomic E-state index is 13.2. The van der Waals surface area contributed by atoms with Crippen molar-refractivity contribution in [3.8, 4) is 0 Å². The molecule has 0 saturated carbocycles. The molecule has 17 nitrogen and oxygen atoms in total. The summed E-state index contributed by atoms with van der Waals surface area (Å²) in [5.74, 6) is 1.08. The zero-order chi connectivity index (χ0) is 80.2. The van der Waals surface area contributed by atoms with Gasteiger partial charge in [-0.15, -0.1) is 0 Å². The molecule has 0 aliphatic heterocycles. The minimum absolute atomic E-state index is 0.107. The molecule has 0 rings (SSSR count). The molecule has 0 aliphatic carbocycles. The van der Waals surface area contributed by atoms with Crippen LogP contribution in [0.25, 0.3) is 0 Å². The number of carbonyl (C=O) groups excluding carboxylic acids is 4. The van der Waals surface area contributed by atoms with Crippen LogP contribution in [0.5, 0.6) is 0 Å². The Morgan fingerprint density at radius 2 is 0.440 bits per heavy atom. The highest BCUT2D eigenvalue weighted by atomic mass is 31.2. The van der Waals surface area contributed by atoms with Crippen LogP contribution in [0, 0.1) is 23.7 Å². The molecular weight excluding hydrogens is 1410 g/mol. The summed E-state index contributed by atoms with van der Waals surface area (Å²) < 4.78 is 69.0. The van der Waals surface area contributed by atoms with Crippen LogP contribution in [-0.2, 0) is 65.4 Å². The summed E-state index contributed by atoms with van der Waals surface area (Å²) in [5, 5.41) is 10.7. The third kappa shape index (κ3) is 82.4. The van der Waals surface area contributed by atoms with Crippen molar-refractivity contribution in [2.45, 2.75) is 491 Å². The van der Waals surface area contributed by atoms with Gasteiger partial charge >= 0.3 is 39.5 Å². The molecule has 19 heteroatoms. The van der Waals surface area contributed by atoms with Gasteiger partial charge in [-0.05, 0) is 49.4 Å². The Kier molecular flexibility index (Phi) is 77.2. The van der Waals surface area contributed by atoms with Gasteiger partial charge in [-0.25, -0.2) is 9.13 Å². The molecule has 0 radical (unpaired) electrons. The molecular formula is C90H176O17P2. The average Bonchev–Trinajstić information content (AvgIpc) is 0.900. The third-order valence-electron chi connectivity index (χ3n) is 21.4. The largest absolute Gasteiger partial charge is 0.472 e. The van der Waals surface area contributed by atoms with Crippen LogP contribution in [0.2, 0.25) is 0 Å². The first-order chi connectivity index (χ1) is 52.6. The Labute approximate surface area is 670 Å². The van der Waals surface area contributed by atoms with Crippen LogP contribution in [-0.4, -0.2) is 96.7 Å². The summed E-state index contributed by atoms with van der Waals surface area (Å²) in [6, 6.07) is 0. The number of aliphatic hydroxyl groups excluding tert-OH is 1. The van der Waals surface area contributed by atoms with E-state index < -0.39 is 97.5 Å². The summed E-state index contributed by atoms with van der Waals surface area (Å²) in [5.41, 5.74) is 0. The first-order valence-corrected chi connectivity index (χ1v) is 49.2. The minimum atomic E-state index is -4.97. The Balaban J connectivity index is 5.19. The highest BCUT2D eigenvalue weighted by Crippen LogP contribution is 2.45. The van der Waals surface area contributed by atoms with Crippen LogP contribution in [0.1, 0.15) is 473 Å². The first kappa shape index (κ1) is 107. The summed E-state index contributed by atoms with van der Waals surface area (Å²) in [4.78, 5) is 73.3. The number of ether oxygens (including phenoxy) is 4. The second-order valence-electron chi connectivity index (χ2n) is 34.0. The van der Waals surface area contributed by atoms with Gasteiger partial charge in [-0.2, -0.15) is 0 Å². The number of carbonyl (C=O) groups is 4. The molecule has 3 N–H and O–H groups in total. The Morgan fingerprint density at radius 3 is 0.651 bits per heavy atom. The molecule has 0 aromatic carbocycles. The summed E-state index contributed by atoms with van der Waals surface area (Å²) >= 11 is 0. The number of unbranched alkanes of at least 4 members (excludes halogenated alkanes) is 52. The predicted molar refractivity (Wildman–Crippen MR) is 451 cm³/mol. The van der Waals surface area contributed by atoms with Crippen LogP contribution >= 0.6 is 15.6 Å². The molecule has 0 saturated heterocycles. The van der Waals surface area contributed by atoms with E-state index in [-0.39, 0.29) is 25.7 Å². The van der Waals surface area contributed by atoms with Gasteiger partial charge in [0, 0.05) is 25.7 Å². The van der Waals surface area contributed by atoms with E-state index in [1.807, 2.05) is 0 Å². The normalized spacial score (nSPS) is 14.1. The molecule has 0 spiro atoms. The van der Waals surface area contributed by atoms with E-state index in [1.54, 1.807) is 0 Å². The van der Waals surface area contributed by atoms with E-state index in [4.69, 9.17) is 37.0 Å². The Bertz CT molecular complexity index is 2110. The van der Waals surface area contributed by atoms with Gasteiger partial charge in [0.2, 0.25) is 0 Å². The molecule has 0 heterocycles. The number of hydrogen-bond donors (Lipinski definition) is 3. The van der Waals surface area contributed by atoms with Gasteiger partial charge in [-0.1, -0.05) is 421 Å². The molecule has 6 atom stereocenters. The van der Waals surface area contributed by atoms with E-state index >= 15 is 0 Å². The first-order valence-electron chi connectivity index (χ1n) is 46.2. The Morgan fingerprint density at radius 1 is 0.257 bits per heavy atom. The van der Waals surface area contributed by atoms with Crippen molar-refractivity contribution in [3.63, 3.8) is 0 Å². The molecule has 0 aliphatic rings.